The normalized spacial score (nSPS) is 12.0. The van der Waals surface area contributed by atoms with E-state index in [1.807, 2.05) is 0 Å². The van der Waals surface area contributed by atoms with Gasteiger partial charge in [-0.3, -0.25) is 9.59 Å². The molecule has 0 aliphatic rings. The standard InChI is InChI=1S/C40H77NO5/c1-4-5-6-7-8-9-10-11-12-15-18-21-24-27-30-33-38(42)41-37(40(44)45)35-39(43)46-34-31-28-25-22-19-16-13-14-17-20-23-26-29-32-36(2)3/h36-37H,4-35H2,1-3H3,(H,41,42)(H,44,45)/t37-/m0/s1. The summed E-state index contributed by atoms with van der Waals surface area (Å²) in [6.07, 6.45) is 36.6. The number of amides is 1. The maximum absolute atomic E-state index is 12.3. The van der Waals surface area contributed by atoms with Crippen molar-refractivity contribution in [1.82, 2.24) is 5.32 Å². The second-order valence-corrected chi connectivity index (χ2v) is 14.4. The molecule has 0 aromatic heterocycles. The van der Waals surface area contributed by atoms with E-state index in [2.05, 4.69) is 26.1 Å². The first kappa shape index (κ1) is 44.4. The maximum atomic E-state index is 12.3. The van der Waals surface area contributed by atoms with E-state index in [1.54, 1.807) is 0 Å². The van der Waals surface area contributed by atoms with Gasteiger partial charge in [-0.25, -0.2) is 4.79 Å². The molecule has 0 aromatic rings. The van der Waals surface area contributed by atoms with Crippen LogP contribution >= 0.6 is 0 Å². The third kappa shape index (κ3) is 33.8. The zero-order valence-electron chi connectivity index (χ0n) is 30.9. The number of carbonyl (C=O) groups is 3. The molecule has 0 heterocycles. The highest BCUT2D eigenvalue weighted by Crippen LogP contribution is 2.16. The van der Waals surface area contributed by atoms with Gasteiger partial charge in [0.15, 0.2) is 0 Å². The van der Waals surface area contributed by atoms with Crippen molar-refractivity contribution in [1.29, 1.82) is 0 Å². The maximum Gasteiger partial charge on any atom is 0.326 e. The van der Waals surface area contributed by atoms with Crippen LogP contribution in [0.3, 0.4) is 0 Å². The average Bonchev–Trinajstić information content (AvgIpc) is 3.02. The SMILES string of the molecule is CCCCCCCCCCCCCCCCCC(=O)N[C@@H](CC(=O)OCCCCCCCCCCCCCCCC(C)C)C(=O)O. The van der Waals surface area contributed by atoms with Crippen LogP contribution in [0.25, 0.3) is 0 Å². The molecule has 6 heteroatoms. The summed E-state index contributed by atoms with van der Waals surface area (Å²) in [5.74, 6) is -1.21. The number of carbonyl (C=O) groups excluding carboxylic acids is 2. The largest absolute Gasteiger partial charge is 0.480 e. The summed E-state index contributed by atoms with van der Waals surface area (Å²) in [5, 5.41) is 12.0. The predicted octanol–water partition coefficient (Wildman–Crippen LogP) is 11.9. The number of ether oxygens (including phenoxy) is 1. The molecule has 0 aliphatic heterocycles. The van der Waals surface area contributed by atoms with Gasteiger partial charge in [0, 0.05) is 6.42 Å². The van der Waals surface area contributed by atoms with Crippen molar-refractivity contribution in [2.24, 2.45) is 5.92 Å². The van der Waals surface area contributed by atoms with E-state index in [1.165, 1.54) is 148 Å². The predicted molar refractivity (Wildman–Crippen MR) is 194 cm³/mol. The molecule has 0 bridgehead atoms. The molecule has 1 atom stereocenters. The second-order valence-electron chi connectivity index (χ2n) is 14.4. The quantitative estimate of drug-likeness (QED) is 0.0519. The van der Waals surface area contributed by atoms with Gasteiger partial charge < -0.3 is 15.2 Å². The van der Waals surface area contributed by atoms with Gasteiger partial charge in [0.25, 0.3) is 0 Å². The number of esters is 1. The second kappa shape index (κ2) is 34.7. The van der Waals surface area contributed by atoms with Crippen molar-refractivity contribution < 1.29 is 24.2 Å². The lowest BCUT2D eigenvalue weighted by Crippen LogP contribution is -2.42. The summed E-state index contributed by atoms with van der Waals surface area (Å²) in [6.45, 7) is 7.19. The molecule has 0 aliphatic carbocycles. The van der Waals surface area contributed by atoms with Crippen LogP contribution in [-0.2, 0) is 19.1 Å². The third-order valence-electron chi connectivity index (χ3n) is 9.20. The van der Waals surface area contributed by atoms with Crippen LogP contribution in [-0.4, -0.2) is 35.6 Å². The lowest BCUT2D eigenvalue weighted by atomic mass is 10.0. The van der Waals surface area contributed by atoms with Gasteiger partial charge in [0.2, 0.25) is 5.91 Å². The van der Waals surface area contributed by atoms with Crippen molar-refractivity contribution in [3.05, 3.63) is 0 Å². The number of rotatable bonds is 36. The Kier molecular flexibility index (Phi) is 33.5. The van der Waals surface area contributed by atoms with Crippen molar-refractivity contribution in [2.75, 3.05) is 6.61 Å². The van der Waals surface area contributed by atoms with Crippen LogP contribution < -0.4 is 5.32 Å². The Hall–Kier alpha value is -1.59. The molecular formula is C40H77NO5. The fourth-order valence-corrected chi connectivity index (χ4v) is 6.13. The summed E-state index contributed by atoms with van der Waals surface area (Å²) in [5.41, 5.74) is 0. The number of carboxylic acid groups (broad SMARTS) is 1. The highest BCUT2D eigenvalue weighted by molar-refractivity contribution is 5.87. The summed E-state index contributed by atoms with van der Waals surface area (Å²) in [4.78, 5) is 36.0. The molecule has 0 radical (unpaired) electrons. The van der Waals surface area contributed by atoms with Gasteiger partial charge in [-0.05, 0) is 18.8 Å². The van der Waals surface area contributed by atoms with Crippen LogP contribution in [0.4, 0.5) is 0 Å². The number of unbranched alkanes of at least 4 members (excludes halogenated alkanes) is 26. The molecule has 46 heavy (non-hydrogen) atoms. The number of aliphatic carboxylic acids is 1. The summed E-state index contributed by atoms with van der Waals surface area (Å²) >= 11 is 0. The molecule has 1 amide bonds. The topological polar surface area (TPSA) is 92.7 Å². The molecule has 0 spiro atoms. The first-order valence-corrected chi connectivity index (χ1v) is 20.0. The van der Waals surface area contributed by atoms with Crippen LogP contribution in [0.2, 0.25) is 0 Å². The number of carboxylic acids is 1. The van der Waals surface area contributed by atoms with E-state index in [0.717, 1.165) is 44.4 Å². The zero-order valence-corrected chi connectivity index (χ0v) is 30.9. The Morgan fingerprint density at radius 1 is 0.543 bits per heavy atom. The highest BCUT2D eigenvalue weighted by atomic mass is 16.5. The number of hydrogen-bond acceptors (Lipinski definition) is 4. The van der Waals surface area contributed by atoms with Gasteiger partial charge >= 0.3 is 11.9 Å². The Morgan fingerprint density at radius 2 is 0.913 bits per heavy atom. The van der Waals surface area contributed by atoms with Crippen molar-refractivity contribution >= 4 is 17.8 Å². The minimum absolute atomic E-state index is 0.299. The molecular weight excluding hydrogens is 574 g/mol. The van der Waals surface area contributed by atoms with Crippen LogP contribution in [0.1, 0.15) is 220 Å². The van der Waals surface area contributed by atoms with Gasteiger partial charge in [0.1, 0.15) is 6.04 Å². The summed E-state index contributed by atoms with van der Waals surface area (Å²) < 4.78 is 5.26. The van der Waals surface area contributed by atoms with Gasteiger partial charge in [-0.15, -0.1) is 0 Å². The molecule has 272 valence electrons. The zero-order chi connectivity index (χ0) is 33.9. The van der Waals surface area contributed by atoms with E-state index in [-0.39, 0.29) is 12.3 Å². The number of nitrogens with one attached hydrogen (secondary N) is 1. The molecule has 6 nitrogen and oxygen atoms in total. The first-order valence-electron chi connectivity index (χ1n) is 20.0. The molecule has 0 saturated carbocycles. The Bertz CT molecular complexity index is 695. The monoisotopic (exact) mass is 652 g/mol. The van der Waals surface area contributed by atoms with E-state index in [0.29, 0.717) is 13.0 Å². The highest BCUT2D eigenvalue weighted by Gasteiger charge is 2.23. The minimum Gasteiger partial charge on any atom is -0.480 e. The fourth-order valence-electron chi connectivity index (χ4n) is 6.13. The van der Waals surface area contributed by atoms with E-state index in [4.69, 9.17) is 4.74 Å². The van der Waals surface area contributed by atoms with Crippen LogP contribution in [0.5, 0.6) is 0 Å². The third-order valence-corrected chi connectivity index (χ3v) is 9.20. The molecule has 0 fully saturated rings. The van der Waals surface area contributed by atoms with Gasteiger partial charge in [-0.2, -0.15) is 0 Å². The molecule has 2 N–H and O–H groups in total. The first-order chi connectivity index (χ1) is 22.4. The lowest BCUT2D eigenvalue weighted by molar-refractivity contribution is -0.150. The van der Waals surface area contributed by atoms with E-state index in [9.17, 15) is 19.5 Å². The Labute approximate surface area is 285 Å². The molecule has 0 unspecified atom stereocenters. The van der Waals surface area contributed by atoms with Crippen LogP contribution in [0, 0.1) is 5.92 Å². The van der Waals surface area contributed by atoms with Gasteiger partial charge in [0.05, 0.1) is 13.0 Å². The average molecular weight is 652 g/mol. The van der Waals surface area contributed by atoms with Crippen molar-refractivity contribution in [3.8, 4) is 0 Å². The summed E-state index contributed by atoms with van der Waals surface area (Å²) in [6, 6.07) is -1.22. The smallest absolute Gasteiger partial charge is 0.326 e. The molecule has 0 saturated heterocycles. The fraction of sp³-hybridized carbons (Fsp3) is 0.925. The van der Waals surface area contributed by atoms with E-state index < -0.39 is 18.0 Å². The van der Waals surface area contributed by atoms with Crippen molar-refractivity contribution in [2.45, 2.75) is 226 Å². The molecule has 0 aromatic carbocycles. The molecule has 0 rings (SSSR count). The Morgan fingerprint density at radius 3 is 1.30 bits per heavy atom. The lowest BCUT2D eigenvalue weighted by Gasteiger charge is -2.14. The van der Waals surface area contributed by atoms with Gasteiger partial charge in [-0.1, -0.05) is 194 Å². The number of hydrogen-bond donors (Lipinski definition) is 2. The Balaban J connectivity index is 3.61. The van der Waals surface area contributed by atoms with Crippen LogP contribution in [0.15, 0.2) is 0 Å². The minimum atomic E-state index is -1.22. The van der Waals surface area contributed by atoms with E-state index >= 15 is 0 Å². The van der Waals surface area contributed by atoms with Crippen molar-refractivity contribution in [3.63, 3.8) is 0 Å². The summed E-state index contributed by atoms with van der Waals surface area (Å²) in [7, 11) is 0.